The van der Waals surface area contributed by atoms with Crippen LogP contribution >= 0.6 is 0 Å². The molecule has 0 aliphatic heterocycles. The third-order valence-electron chi connectivity index (χ3n) is 6.27. The zero-order valence-electron chi connectivity index (χ0n) is 21.6. The summed E-state index contributed by atoms with van der Waals surface area (Å²) in [4.78, 5) is 29.1. The number of benzene rings is 3. The predicted octanol–water partition coefficient (Wildman–Crippen LogP) is 4.80. The van der Waals surface area contributed by atoms with E-state index in [1.165, 1.54) is 0 Å². The van der Waals surface area contributed by atoms with Gasteiger partial charge in [-0.05, 0) is 54.3 Å². The highest BCUT2D eigenvalue weighted by atomic mass is 16.5. The van der Waals surface area contributed by atoms with Crippen molar-refractivity contribution in [3.8, 4) is 11.5 Å². The molecule has 3 rings (SSSR count). The van der Waals surface area contributed by atoms with Gasteiger partial charge in [0.2, 0.25) is 11.8 Å². The first-order valence-corrected chi connectivity index (χ1v) is 12.3. The second kappa shape index (κ2) is 13.3. The van der Waals surface area contributed by atoms with Crippen molar-refractivity contribution in [3.05, 3.63) is 95.6 Å². The number of carbonyl (C=O) groups excluding carboxylic acids is 2. The summed E-state index contributed by atoms with van der Waals surface area (Å²) in [6.07, 6.45) is 1.40. The maximum atomic E-state index is 13.8. The molecule has 0 radical (unpaired) electrons. The monoisotopic (exact) mass is 488 g/mol. The quantitative estimate of drug-likeness (QED) is 0.398. The topological polar surface area (TPSA) is 67.9 Å². The molecule has 3 aromatic rings. The van der Waals surface area contributed by atoms with Crippen LogP contribution in [0.25, 0.3) is 0 Å². The van der Waals surface area contributed by atoms with Gasteiger partial charge in [0.25, 0.3) is 0 Å². The number of nitrogens with one attached hydrogen (secondary N) is 1. The average Bonchev–Trinajstić information content (AvgIpc) is 2.91. The first-order chi connectivity index (χ1) is 17.4. The summed E-state index contributed by atoms with van der Waals surface area (Å²) < 4.78 is 10.6. The molecule has 0 aliphatic carbocycles. The molecular weight excluding hydrogens is 452 g/mol. The van der Waals surface area contributed by atoms with Gasteiger partial charge >= 0.3 is 0 Å². The summed E-state index contributed by atoms with van der Waals surface area (Å²) >= 11 is 0. The molecule has 0 saturated heterocycles. The SMILES string of the molecule is CCC(C)NC(=O)C(Cc1ccccc1)N(Cc1cccc(OC)c1)C(=O)Cc1ccc(OC)cc1. The zero-order valence-corrected chi connectivity index (χ0v) is 21.6. The summed E-state index contributed by atoms with van der Waals surface area (Å²) in [5, 5.41) is 3.10. The second-order valence-electron chi connectivity index (χ2n) is 8.92. The number of methoxy groups -OCH3 is 2. The number of carbonyl (C=O) groups is 2. The second-order valence-corrected chi connectivity index (χ2v) is 8.92. The van der Waals surface area contributed by atoms with E-state index in [2.05, 4.69) is 5.32 Å². The van der Waals surface area contributed by atoms with Gasteiger partial charge in [0.05, 0.1) is 20.6 Å². The van der Waals surface area contributed by atoms with Crippen LogP contribution in [0, 0.1) is 0 Å². The summed E-state index contributed by atoms with van der Waals surface area (Å²) in [5.41, 5.74) is 2.75. The fraction of sp³-hybridized carbons (Fsp3) is 0.333. The molecule has 0 aliphatic rings. The Morgan fingerprint density at radius 3 is 2.14 bits per heavy atom. The Balaban J connectivity index is 1.97. The van der Waals surface area contributed by atoms with E-state index in [1.807, 2.05) is 92.7 Å². The Kier molecular flexibility index (Phi) is 9.92. The molecule has 0 bridgehead atoms. The Hall–Kier alpha value is -3.80. The number of nitrogens with zero attached hydrogens (tertiary/aromatic N) is 1. The smallest absolute Gasteiger partial charge is 0.243 e. The highest BCUT2D eigenvalue weighted by Gasteiger charge is 2.31. The van der Waals surface area contributed by atoms with Gasteiger partial charge < -0.3 is 19.7 Å². The Morgan fingerprint density at radius 2 is 1.50 bits per heavy atom. The van der Waals surface area contributed by atoms with Crippen LogP contribution in [0.15, 0.2) is 78.9 Å². The van der Waals surface area contributed by atoms with Crippen LogP contribution in [0.3, 0.4) is 0 Å². The highest BCUT2D eigenvalue weighted by molar-refractivity contribution is 5.89. The molecule has 2 unspecified atom stereocenters. The lowest BCUT2D eigenvalue weighted by Gasteiger charge is -2.32. The third kappa shape index (κ3) is 7.60. The van der Waals surface area contributed by atoms with E-state index in [9.17, 15) is 9.59 Å². The van der Waals surface area contributed by atoms with Gasteiger partial charge in [0.15, 0.2) is 0 Å². The minimum absolute atomic E-state index is 0.00568. The van der Waals surface area contributed by atoms with Crippen molar-refractivity contribution in [1.29, 1.82) is 0 Å². The highest BCUT2D eigenvalue weighted by Crippen LogP contribution is 2.20. The summed E-state index contributed by atoms with van der Waals surface area (Å²) in [7, 11) is 3.23. The lowest BCUT2D eigenvalue weighted by Crippen LogP contribution is -2.52. The molecule has 3 aromatic carbocycles. The normalized spacial score (nSPS) is 12.3. The molecule has 0 aromatic heterocycles. The maximum absolute atomic E-state index is 13.8. The van der Waals surface area contributed by atoms with E-state index >= 15 is 0 Å². The van der Waals surface area contributed by atoms with Gasteiger partial charge in [-0.3, -0.25) is 9.59 Å². The van der Waals surface area contributed by atoms with Gasteiger partial charge in [0, 0.05) is 19.0 Å². The van der Waals surface area contributed by atoms with Crippen LogP contribution in [0.2, 0.25) is 0 Å². The molecule has 6 heteroatoms. The van der Waals surface area contributed by atoms with E-state index in [0.717, 1.165) is 28.9 Å². The molecule has 1 N–H and O–H groups in total. The fourth-order valence-electron chi connectivity index (χ4n) is 3.98. The van der Waals surface area contributed by atoms with Crippen LogP contribution < -0.4 is 14.8 Å². The predicted molar refractivity (Wildman–Crippen MR) is 142 cm³/mol. The van der Waals surface area contributed by atoms with Gasteiger partial charge in [-0.1, -0.05) is 61.5 Å². The molecule has 0 spiro atoms. The van der Waals surface area contributed by atoms with Crippen LogP contribution in [0.1, 0.15) is 37.0 Å². The number of hydrogen-bond acceptors (Lipinski definition) is 4. The van der Waals surface area contributed by atoms with Crippen molar-refractivity contribution in [2.75, 3.05) is 14.2 Å². The van der Waals surface area contributed by atoms with E-state index in [1.54, 1.807) is 19.1 Å². The molecule has 2 atom stereocenters. The summed E-state index contributed by atoms with van der Waals surface area (Å²) in [6.45, 7) is 4.29. The largest absolute Gasteiger partial charge is 0.497 e. The minimum atomic E-state index is -0.668. The number of amides is 2. The average molecular weight is 489 g/mol. The zero-order chi connectivity index (χ0) is 25.9. The molecule has 6 nitrogen and oxygen atoms in total. The molecule has 36 heavy (non-hydrogen) atoms. The van der Waals surface area contributed by atoms with Crippen LogP contribution in [-0.4, -0.2) is 43.0 Å². The Bertz CT molecular complexity index is 1120. The van der Waals surface area contributed by atoms with Gasteiger partial charge in [-0.15, -0.1) is 0 Å². The number of ether oxygens (including phenoxy) is 2. The molecule has 0 heterocycles. The summed E-state index contributed by atoms with van der Waals surface area (Å²) in [6, 6.07) is 24.2. The first-order valence-electron chi connectivity index (χ1n) is 12.3. The lowest BCUT2D eigenvalue weighted by atomic mass is 10.0. The van der Waals surface area contributed by atoms with E-state index < -0.39 is 6.04 Å². The third-order valence-corrected chi connectivity index (χ3v) is 6.27. The van der Waals surface area contributed by atoms with Gasteiger partial charge in [0.1, 0.15) is 17.5 Å². The molecular formula is C30H36N2O4. The van der Waals surface area contributed by atoms with E-state index in [4.69, 9.17) is 9.47 Å². The summed E-state index contributed by atoms with van der Waals surface area (Å²) in [5.74, 6) is 1.16. The standard InChI is InChI=1S/C30H36N2O4/c1-5-22(2)31-30(34)28(19-23-10-7-6-8-11-23)32(21-25-12-9-13-27(18-25)36-4)29(33)20-24-14-16-26(35-3)17-15-24/h6-18,22,28H,5,19-21H2,1-4H3,(H,31,34). The van der Waals surface area contributed by atoms with Crippen molar-refractivity contribution >= 4 is 11.8 Å². The van der Waals surface area contributed by atoms with Gasteiger partial charge in [-0.25, -0.2) is 0 Å². The molecule has 0 fully saturated rings. The number of rotatable bonds is 12. The molecule has 0 saturated carbocycles. The lowest BCUT2D eigenvalue weighted by molar-refractivity contribution is -0.141. The van der Waals surface area contributed by atoms with Crippen LogP contribution in [0.4, 0.5) is 0 Å². The molecule has 190 valence electrons. The first kappa shape index (κ1) is 26.8. The minimum Gasteiger partial charge on any atom is -0.497 e. The Morgan fingerprint density at radius 1 is 0.833 bits per heavy atom. The van der Waals surface area contributed by atoms with Crippen LogP contribution in [0.5, 0.6) is 11.5 Å². The van der Waals surface area contributed by atoms with Gasteiger partial charge in [-0.2, -0.15) is 0 Å². The molecule has 2 amide bonds. The van der Waals surface area contributed by atoms with E-state index in [-0.39, 0.29) is 30.8 Å². The van der Waals surface area contributed by atoms with Crippen molar-refractivity contribution in [2.24, 2.45) is 0 Å². The van der Waals surface area contributed by atoms with Crippen molar-refractivity contribution in [3.63, 3.8) is 0 Å². The van der Waals surface area contributed by atoms with Crippen molar-refractivity contribution in [2.45, 2.75) is 51.7 Å². The van der Waals surface area contributed by atoms with Crippen LogP contribution in [-0.2, 0) is 29.0 Å². The number of hydrogen-bond donors (Lipinski definition) is 1. The Labute approximate surface area is 214 Å². The van der Waals surface area contributed by atoms with E-state index in [0.29, 0.717) is 12.2 Å². The fourth-order valence-corrected chi connectivity index (χ4v) is 3.98. The maximum Gasteiger partial charge on any atom is 0.243 e. The van der Waals surface area contributed by atoms with Crippen molar-refractivity contribution < 1.29 is 19.1 Å². The van der Waals surface area contributed by atoms with Crippen molar-refractivity contribution in [1.82, 2.24) is 10.2 Å².